The zero-order chi connectivity index (χ0) is 24.5. The number of allylic oxidation sites excluding steroid dienone is 2. The second-order valence-corrected chi connectivity index (χ2v) is 10.7. The standard InChI is InChI=1S/C26H35N7O/c1-25(2)11-9-18(10-12-25)22-19(29-24(34)23-28-17-21(27-5)31-23)7-8-20(30-22)26(3,4)33-15-13-32(6)14-16-33/h7-9,17H,10-16H2,1-4,6H3,(H,28,31)(H,29,34). The Labute approximate surface area is 202 Å². The lowest BCUT2D eigenvalue weighted by atomic mass is 9.77. The topological polar surface area (TPSA) is 81.5 Å². The van der Waals surface area contributed by atoms with Gasteiger partial charge in [-0.1, -0.05) is 26.5 Å². The number of aromatic nitrogens is 3. The number of amides is 1. The van der Waals surface area contributed by atoms with Crippen molar-refractivity contribution in [3.8, 4) is 0 Å². The van der Waals surface area contributed by atoms with E-state index in [2.05, 4.69) is 70.7 Å². The lowest BCUT2D eigenvalue weighted by molar-refractivity contribution is 0.0580. The molecule has 0 spiro atoms. The van der Waals surface area contributed by atoms with Gasteiger partial charge in [0, 0.05) is 26.2 Å². The highest BCUT2D eigenvalue weighted by atomic mass is 16.2. The average Bonchev–Trinajstić information content (AvgIpc) is 3.29. The Morgan fingerprint density at radius 2 is 1.97 bits per heavy atom. The van der Waals surface area contributed by atoms with Crippen molar-refractivity contribution >= 4 is 23.0 Å². The second kappa shape index (κ2) is 9.32. The molecule has 3 heterocycles. The molecule has 8 nitrogen and oxygen atoms in total. The summed E-state index contributed by atoms with van der Waals surface area (Å²) < 4.78 is 0. The van der Waals surface area contributed by atoms with Crippen molar-refractivity contribution in [3.63, 3.8) is 0 Å². The van der Waals surface area contributed by atoms with Crippen LogP contribution in [0.5, 0.6) is 0 Å². The van der Waals surface area contributed by atoms with Crippen LogP contribution in [0.25, 0.3) is 10.4 Å². The SMILES string of the molecule is [C-]#[N+]c1cnc(C(=O)Nc2ccc(C(C)(C)N3CCN(C)CC3)nc2C2=CCC(C)(C)CC2)[nH]1. The highest BCUT2D eigenvalue weighted by Crippen LogP contribution is 2.40. The van der Waals surface area contributed by atoms with Crippen molar-refractivity contribution < 1.29 is 4.79 Å². The zero-order valence-electron chi connectivity index (χ0n) is 20.9. The Hall–Kier alpha value is -3.02. The Bertz CT molecular complexity index is 1130. The predicted octanol–water partition coefficient (Wildman–Crippen LogP) is 4.68. The van der Waals surface area contributed by atoms with Gasteiger partial charge in [-0.15, -0.1) is 0 Å². The summed E-state index contributed by atoms with van der Waals surface area (Å²) in [5.74, 6) is -0.0108. The highest BCUT2D eigenvalue weighted by Gasteiger charge is 2.33. The molecule has 4 rings (SSSR count). The highest BCUT2D eigenvalue weighted by molar-refractivity contribution is 6.03. The van der Waals surface area contributed by atoms with E-state index in [1.54, 1.807) is 0 Å². The molecule has 2 aromatic heterocycles. The summed E-state index contributed by atoms with van der Waals surface area (Å²) in [6.45, 7) is 20.2. The number of imidazole rings is 1. The summed E-state index contributed by atoms with van der Waals surface area (Å²) in [4.78, 5) is 33.0. The van der Waals surface area contributed by atoms with Gasteiger partial charge in [0.2, 0.25) is 5.82 Å². The normalized spacial score (nSPS) is 19.4. The number of piperazine rings is 1. The minimum Gasteiger partial charge on any atom is -0.363 e. The van der Waals surface area contributed by atoms with Gasteiger partial charge in [0.05, 0.1) is 28.8 Å². The van der Waals surface area contributed by atoms with Crippen LogP contribution in [0.1, 0.15) is 69.0 Å². The lowest BCUT2D eigenvalue weighted by Crippen LogP contribution is -2.52. The van der Waals surface area contributed by atoms with Gasteiger partial charge in [0.15, 0.2) is 0 Å². The Morgan fingerprint density at radius 1 is 1.24 bits per heavy atom. The first kappa shape index (κ1) is 24.1. The maximum absolute atomic E-state index is 12.9. The number of likely N-dealkylation sites (N-methyl/N-ethyl adjacent to an activating group) is 1. The van der Waals surface area contributed by atoms with Crippen LogP contribution in [-0.2, 0) is 5.54 Å². The molecule has 0 saturated carbocycles. The van der Waals surface area contributed by atoms with E-state index < -0.39 is 0 Å². The molecular formula is C26H35N7O. The molecule has 2 aliphatic rings. The zero-order valence-corrected chi connectivity index (χ0v) is 20.9. The molecule has 1 saturated heterocycles. The third-order valence-electron chi connectivity index (χ3n) is 7.24. The molecule has 8 heteroatoms. The molecule has 0 unspecified atom stereocenters. The quantitative estimate of drug-likeness (QED) is 0.632. The van der Waals surface area contributed by atoms with Crippen LogP contribution < -0.4 is 5.32 Å². The van der Waals surface area contributed by atoms with Gasteiger partial charge in [-0.25, -0.2) is 9.97 Å². The number of carbonyl (C=O) groups excluding carboxylic acids is 1. The molecule has 1 amide bonds. The first-order chi connectivity index (χ1) is 16.1. The van der Waals surface area contributed by atoms with E-state index in [1.807, 2.05) is 12.1 Å². The Balaban J connectivity index is 1.68. The summed E-state index contributed by atoms with van der Waals surface area (Å²) >= 11 is 0. The van der Waals surface area contributed by atoms with Crippen LogP contribution in [0.4, 0.5) is 11.5 Å². The van der Waals surface area contributed by atoms with Gasteiger partial charge in [-0.2, -0.15) is 0 Å². The molecule has 2 N–H and O–H groups in total. The van der Waals surface area contributed by atoms with Gasteiger partial charge in [0.25, 0.3) is 5.82 Å². The first-order valence-electron chi connectivity index (χ1n) is 12.0. The van der Waals surface area contributed by atoms with Gasteiger partial charge >= 0.3 is 5.91 Å². The number of rotatable bonds is 5. The average molecular weight is 462 g/mol. The van der Waals surface area contributed by atoms with Crippen LogP contribution in [0, 0.1) is 12.0 Å². The Kier molecular flexibility index (Phi) is 6.61. The van der Waals surface area contributed by atoms with Crippen LogP contribution in [0.3, 0.4) is 0 Å². The van der Waals surface area contributed by atoms with Crippen molar-refractivity contribution in [2.75, 3.05) is 38.5 Å². The van der Waals surface area contributed by atoms with Gasteiger partial charge in [-0.05, 0) is 63.3 Å². The molecule has 0 bridgehead atoms. The minimum atomic E-state index is -0.374. The van der Waals surface area contributed by atoms with Crippen LogP contribution in [-0.4, -0.2) is 63.9 Å². The largest absolute Gasteiger partial charge is 0.363 e. The van der Waals surface area contributed by atoms with Crippen molar-refractivity contribution in [1.82, 2.24) is 24.8 Å². The fourth-order valence-electron chi connectivity index (χ4n) is 4.63. The summed E-state index contributed by atoms with van der Waals surface area (Å²) in [6, 6.07) is 3.99. The minimum absolute atomic E-state index is 0.123. The molecule has 1 fully saturated rings. The van der Waals surface area contributed by atoms with Gasteiger partial charge in [0.1, 0.15) is 0 Å². The molecular weight excluding hydrogens is 426 g/mol. The first-order valence-corrected chi connectivity index (χ1v) is 12.0. The number of pyridine rings is 1. The van der Waals surface area contributed by atoms with E-state index in [9.17, 15) is 4.79 Å². The smallest absolute Gasteiger partial charge is 0.314 e. The number of H-pyrrole nitrogens is 1. The molecule has 180 valence electrons. The third kappa shape index (κ3) is 5.06. The van der Waals surface area contributed by atoms with Crippen molar-refractivity contribution in [3.05, 3.63) is 53.0 Å². The molecule has 0 atom stereocenters. The van der Waals surface area contributed by atoms with E-state index in [0.717, 1.165) is 56.8 Å². The van der Waals surface area contributed by atoms with Crippen LogP contribution in [0.15, 0.2) is 24.4 Å². The lowest BCUT2D eigenvalue weighted by Gasteiger charge is -2.43. The van der Waals surface area contributed by atoms with Crippen molar-refractivity contribution in [1.29, 1.82) is 0 Å². The molecule has 0 aromatic carbocycles. The van der Waals surface area contributed by atoms with E-state index in [0.29, 0.717) is 5.69 Å². The predicted molar refractivity (Wildman–Crippen MR) is 135 cm³/mol. The second-order valence-electron chi connectivity index (χ2n) is 10.7. The summed E-state index contributed by atoms with van der Waals surface area (Å²) in [5, 5.41) is 2.99. The molecule has 1 aliphatic heterocycles. The molecule has 2 aromatic rings. The van der Waals surface area contributed by atoms with Crippen molar-refractivity contribution in [2.24, 2.45) is 5.41 Å². The molecule has 34 heavy (non-hydrogen) atoms. The number of nitrogens with one attached hydrogen (secondary N) is 2. The maximum Gasteiger partial charge on any atom is 0.314 e. The van der Waals surface area contributed by atoms with E-state index in [1.165, 1.54) is 11.8 Å². The number of nitrogens with zero attached hydrogens (tertiary/aromatic N) is 5. The molecule has 0 radical (unpaired) electrons. The number of carbonyl (C=O) groups is 1. The van der Waals surface area contributed by atoms with Crippen molar-refractivity contribution in [2.45, 2.75) is 52.5 Å². The molecule has 1 aliphatic carbocycles. The van der Waals surface area contributed by atoms with E-state index >= 15 is 0 Å². The monoisotopic (exact) mass is 461 g/mol. The van der Waals surface area contributed by atoms with Crippen LogP contribution in [0.2, 0.25) is 0 Å². The van der Waals surface area contributed by atoms with Gasteiger partial charge < -0.3 is 15.1 Å². The van der Waals surface area contributed by atoms with E-state index in [-0.39, 0.29) is 28.5 Å². The fraction of sp³-hybridized carbons (Fsp3) is 0.538. The summed E-state index contributed by atoms with van der Waals surface area (Å²) in [6.07, 6.45) is 6.62. The van der Waals surface area contributed by atoms with Gasteiger partial charge in [-0.3, -0.25) is 14.7 Å². The summed E-state index contributed by atoms with van der Waals surface area (Å²) in [7, 11) is 2.16. The maximum atomic E-state index is 12.9. The number of hydrogen-bond donors (Lipinski definition) is 2. The van der Waals surface area contributed by atoms with E-state index in [4.69, 9.17) is 11.6 Å². The summed E-state index contributed by atoms with van der Waals surface area (Å²) in [5.41, 5.74) is 3.73. The fourth-order valence-corrected chi connectivity index (χ4v) is 4.63. The van der Waals surface area contributed by atoms with Crippen LogP contribution >= 0.6 is 0 Å². The third-order valence-corrected chi connectivity index (χ3v) is 7.24. The Morgan fingerprint density at radius 3 is 2.59 bits per heavy atom. The number of anilines is 1. The number of aromatic amines is 1. The number of hydrogen-bond acceptors (Lipinski definition) is 5.